The maximum atomic E-state index is 11.7. The van der Waals surface area contributed by atoms with Crippen molar-refractivity contribution in [1.29, 1.82) is 0 Å². The van der Waals surface area contributed by atoms with Gasteiger partial charge in [-0.1, -0.05) is 18.2 Å². The fourth-order valence-corrected chi connectivity index (χ4v) is 1.75. The van der Waals surface area contributed by atoms with E-state index in [1.54, 1.807) is 58.5 Å². The fourth-order valence-electron chi connectivity index (χ4n) is 1.75. The summed E-state index contributed by atoms with van der Waals surface area (Å²) >= 11 is 0. The number of nitrogens with zero attached hydrogens (tertiary/aromatic N) is 2. The minimum Gasteiger partial charge on any atom is -0.410 e. The molecule has 2 amide bonds. The summed E-state index contributed by atoms with van der Waals surface area (Å²) in [6.07, 6.45) is -0.940. The first-order chi connectivity index (χ1) is 10.4. The zero-order valence-corrected chi connectivity index (χ0v) is 13.0. The number of ether oxygens (including phenoxy) is 2. The Morgan fingerprint density at radius 2 is 1.50 bits per heavy atom. The summed E-state index contributed by atoms with van der Waals surface area (Å²) in [5.41, 5.74) is 0. The highest BCUT2D eigenvalue weighted by Crippen LogP contribution is 2.29. The highest BCUT2D eigenvalue weighted by atomic mass is 16.6. The van der Waals surface area contributed by atoms with E-state index < -0.39 is 12.2 Å². The summed E-state index contributed by atoms with van der Waals surface area (Å²) in [7, 11) is 6.43. The molecule has 6 nitrogen and oxygen atoms in total. The predicted molar refractivity (Wildman–Crippen MR) is 83.4 cm³/mol. The van der Waals surface area contributed by atoms with E-state index in [4.69, 9.17) is 9.47 Å². The molecule has 116 valence electrons. The summed E-state index contributed by atoms with van der Waals surface area (Å²) in [5.74, 6) is 0.804. The van der Waals surface area contributed by atoms with Crippen molar-refractivity contribution in [3.05, 3.63) is 36.4 Å². The number of amides is 2. The third kappa shape index (κ3) is 3.46. The van der Waals surface area contributed by atoms with Crippen molar-refractivity contribution in [2.75, 3.05) is 28.2 Å². The maximum absolute atomic E-state index is 11.7. The van der Waals surface area contributed by atoms with Crippen molar-refractivity contribution in [2.24, 2.45) is 0 Å². The Morgan fingerprint density at radius 1 is 0.864 bits per heavy atom. The molecule has 0 fully saturated rings. The summed E-state index contributed by atoms with van der Waals surface area (Å²) in [5, 5.41) is 1.58. The van der Waals surface area contributed by atoms with E-state index >= 15 is 0 Å². The molecule has 0 aromatic heterocycles. The number of hydrogen-bond donors (Lipinski definition) is 0. The zero-order chi connectivity index (χ0) is 16.3. The quantitative estimate of drug-likeness (QED) is 0.855. The molecule has 0 saturated carbocycles. The minimum atomic E-state index is -0.470. The summed E-state index contributed by atoms with van der Waals surface area (Å²) in [6.45, 7) is 0. The van der Waals surface area contributed by atoms with Gasteiger partial charge in [-0.2, -0.15) is 0 Å². The van der Waals surface area contributed by atoms with Gasteiger partial charge in [-0.25, -0.2) is 9.59 Å². The molecule has 22 heavy (non-hydrogen) atoms. The third-order valence-electron chi connectivity index (χ3n) is 2.95. The molecule has 0 aliphatic rings. The fraction of sp³-hybridized carbons (Fsp3) is 0.250. The molecule has 0 heterocycles. The molecule has 0 bridgehead atoms. The Hall–Kier alpha value is -2.76. The standard InChI is InChI=1S/C16H18N2O4/c1-17(2)15(19)21-12-9-8-11-6-5-7-14(13(11)10-12)22-16(20)18(3)4/h5-10H,1-4H3. The number of rotatable bonds is 2. The molecular formula is C16H18N2O4. The van der Waals surface area contributed by atoms with Crippen LogP contribution in [0.1, 0.15) is 0 Å². The number of fused-ring (bicyclic) bond motifs is 1. The van der Waals surface area contributed by atoms with Gasteiger partial charge in [0.2, 0.25) is 0 Å². The Labute approximate surface area is 128 Å². The van der Waals surface area contributed by atoms with Gasteiger partial charge in [0.25, 0.3) is 0 Å². The molecule has 0 atom stereocenters. The summed E-state index contributed by atoms with van der Waals surface area (Å²) < 4.78 is 10.6. The molecule has 0 aliphatic heterocycles. The number of hydrogen-bond acceptors (Lipinski definition) is 4. The molecule has 6 heteroatoms. The van der Waals surface area contributed by atoms with Gasteiger partial charge in [0.15, 0.2) is 0 Å². The second-order valence-electron chi connectivity index (χ2n) is 5.16. The lowest BCUT2D eigenvalue weighted by Gasteiger charge is -2.14. The monoisotopic (exact) mass is 302 g/mol. The average molecular weight is 302 g/mol. The molecule has 2 aromatic rings. The maximum Gasteiger partial charge on any atom is 0.414 e. The van der Waals surface area contributed by atoms with Crippen molar-refractivity contribution in [1.82, 2.24) is 9.80 Å². The molecule has 0 N–H and O–H groups in total. The van der Waals surface area contributed by atoms with E-state index in [1.165, 1.54) is 9.80 Å². The second-order valence-corrected chi connectivity index (χ2v) is 5.16. The second kappa shape index (κ2) is 6.34. The van der Waals surface area contributed by atoms with Crippen LogP contribution in [0.2, 0.25) is 0 Å². The molecular weight excluding hydrogens is 284 g/mol. The van der Waals surface area contributed by atoms with Crippen LogP contribution in [0.15, 0.2) is 36.4 Å². The molecule has 0 unspecified atom stereocenters. The lowest BCUT2D eigenvalue weighted by Crippen LogP contribution is -2.25. The van der Waals surface area contributed by atoms with Crippen LogP contribution in [0.4, 0.5) is 9.59 Å². The first-order valence-electron chi connectivity index (χ1n) is 6.69. The van der Waals surface area contributed by atoms with Crippen LogP contribution >= 0.6 is 0 Å². The molecule has 0 saturated heterocycles. The van der Waals surface area contributed by atoms with Crippen LogP contribution in [0.5, 0.6) is 11.5 Å². The molecule has 0 aliphatic carbocycles. The van der Waals surface area contributed by atoms with Gasteiger partial charge >= 0.3 is 12.2 Å². The number of carbonyl (C=O) groups is 2. The van der Waals surface area contributed by atoms with E-state index in [0.717, 1.165) is 5.39 Å². The van der Waals surface area contributed by atoms with Crippen molar-refractivity contribution in [3.8, 4) is 11.5 Å². The minimum absolute atomic E-state index is 0.388. The van der Waals surface area contributed by atoms with E-state index in [0.29, 0.717) is 16.9 Å². The van der Waals surface area contributed by atoms with Crippen molar-refractivity contribution in [2.45, 2.75) is 0 Å². The van der Waals surface area contributed by atoms with Gasteiger partial charge in [0.05, 0.1) is 0 Å². The van der Waals surface area contributed by atoms with Crippen LogP contribution in [-0.4, -0.2) is 50.2 Å². The Bertz CT molecular complexity index is 710. The molecule has 0 spiro atoms. The van der Waals surface area contributed by atoms with Crippen molar-refractivity contribution < 1.29 is 19.1 Å². The van der Waals surface area contributed by atoms with E-state index in [-0.39, 0.29) is 0 Å². The van der Waals surface area contributed by atoms with E-state index in [9.17, 15) is 9.59 Å². The topological polar surface area (TPSA) is 59.1 Å². The molecule has 2 rings (SSSR count). The highest BCUT2D eigenvalue weighted by Gasteiger charge is 2.12. The first kappa shape index (κ1) is 15.6. The van der Waals surface area contributed by atoms with Gasteiger partial charge < -0.3 is 19.3 Å². The Balaban J connectivity index is 2.37. The van der Waals surface area contributed by atoms with Crippen LogP contribution in [0, 0.1) is 0 Å². The predicted octanol–water partition coefficient (Wildman–Crippen LogP) is 2.96. The average Bonchev–Trinajstić information content (AvgIpc) is 2.47. The van der Waals surface area contributed by atoms with E-state index in [2.05, 4.69) is 0 Å². The Kier molecular flexibility index (Phi) is 4.50. The number of carbonyl (C=O) groups excluding carboxylic acids is 2. The smallest absolute Gasteiger partial charge is 0.410 e. The van der Waals surface area contributed by atoms with Crippen LogP contribution in [0.3, 0.4) is 0 Å². The Morgan fingerprint density at radius 3 is 2.14 bits per heavy atom. The van der Waals surface area contributed by atoms with Gasteiger partial charge in [-0.05, 0) is 23.6 Å². The van der Waals surface area contributed by atoms with Gasteiger partial charge in [-0.3, -0.25) is 0 Å². The number of benzene rings is 2. The van der Waals surface area contributed by atoms with Crippen molar-refractivity contribution >= 4 is 23.0 Å². The lowest BCUT2D eigenvalue weighted by atomic mass is 10.1. The summed E-state index contributed by atoms with van der Waals surface area (Å²) in [4.78, 5) is 26.0. The lowest BCUT2D eigenvalue weighted by molar-refractivity contribution is 0.170. The van der Waals surface area contributed by atoms with Crippen LogP contribution in [0.25, 0.3) is 10.8 Å². The zero-order valence-electron chi connectivity index (χ0n) is 13.0. The molecule has 2 aromatic carbocycles. The third-order valence-corrected chi connectivity index (χ3v) is 2.95. The summed E-state index contributed by atoms with van der Waals surface area (Å²) in [6, 6.07) is 10.6. The SMILES string of the molecule is CN(C)C(=O)Oc1ccc2cccc(OC(=O)N(C)C)c2c1. The van der Waals surface area contributed by atoms with Gasteiger partial charge in [0.1, 0.15) is 11.5 Å². The first-order valence-corrected chi connectivity index (χ1v) is 6.69. The van der Waals surface area contributed by atoms with Crippen LogP contribution < -0.4 is 9.47 Å². The van der Waals surface area contributed by atoms with Gasteiger partial charge in [0, 0.05) is 33.6 Å². The van der Waals surface area contributed by atoms with Crippen LogP contribution in [-0.2, 0) is 0 Å². The molecule has 0 radical (unpaired) electrons. The largest absolute Gasteiger partial charge is 0.414 e. The normalized spacial score (nSPS) is 10.2. The van der Waals surface area contributed by atoms with Crippen molar-refractivity contribution in [3.63, 3.8) is 0 Å². The van der Waals surface area contributed by atoms with E-state index in [1.807, 2.05) is 6.07 Å². The highest BCUT2D eigenvalue weighted by molar-refractivity contribution is 5.91. The van der Waals surface area contributed by atoms with Gasteiger partial charge in [-0.15, -0.1) is 0 Å².